The highest BCUT2D eigenvalue weighted by molar-refractivity contribution is 6.02. The van der Waals surface area contributed by atoms with Gasteiger partial charge in [0.05, 0.1) is 5.56 Å². The Balaban J connectivity index is 1.33. The van der Waals surface area contributed by atoms with Gasteiger partial charge >= 0.3 is 0 Å². The molecule has 0 radical (unpaired) electrons. The Morgan fingerprint density at radius 2 is 1.67 bits per heavy atom. The molecule has 1 heterocycles. The molecular weight excluding hydrogens is 410 g/mol. The SMILES string of the molecule is O=C(CCc1ccccc1)Nc1ccc(N2CCc3ccccc3C2)c(C(=O)NC2CC2)c1. The van der Waals surface area contributed by atoms with Crippen LogP contribution in [0.15, 0.2) is 72.8 Å². The van der Waals surface area contributed by atoms with Crippen molar-refractivity contribution in [3.63, 3.8) is 0 Å². The maximum absolute atomic E-state index is 13.1. The van der Waals surface area contributed by atoms with Crippen LogP contribution in [0.1, 0.15) is 46.3 Å². The van der Waals surface area contributed by atoms with Gasteiger partial charge in [0.25, 0.3) is 5.91 Å². The first kappa shape index (κ1) is 21.3. The highest BCUT2D eigenvalue weighted by atomic mass is 16.2. The molecule has 1 fully saturated rings. The highest BCUT2D eigenvalue weighted by Crippen LogP contribution is 2.30. The molecule has 1 aliphatic carbocycles. The van der Waals surface area contributed by atoms with Gasteiger partial charge in [-0.1, -0.05) is 54.6 Å². The largest absolute Gasteiger partial charge is 0.366 e. The number of nitrogens with zero attached hydrogens (tertiary/aromatic N) is 1. The number of fused-ring (bicyclic) bond motifs is 1. The number of nitrogens with one attached hydrogen (secondary N) is 2. The van der Waals surface area contributed by atoms with Crippen molar-refractivity contribution in [1.82, 2.24) is 5.32 Å². The minimum Gasteiger partial charge on any atom is -0.366 e. The molecule has 0 atom stereocenters. The molecule has 2 N–H and O–H groups in total. The third-order valence-electron chi connectivity index (χ3n) is 6.39. The second kappa shape index (κ2) is 9.49. The van der Waals surface area contributed by atoms with E-state index >= 15 is 0 Å². The smallest absolute Gasteiger partial charge is 0.253 e. The average Bonchev–Trinajstić information content (AvgIpc) is 3.67. The first-order valence-electron chi connectivity index (χ1n) is 11.8. The molecule has 0 bridgehead atoms. The van der Waals surface area contributed by atoms with E-state index in [-0.39, 0.29) is 17.9 Å². The third kappa shape index (κ3) is 5.25. The molecule has 5 heteroatoms. The summed E-state index contributed by atoms with van der Waals surface area (Å²) in [5.41, 5.74) is 6.02. The van der Waals surface area contributed by atoms with Gasteiger partial charge in [-0.2, -0.15) is 0 Å². The van der Waals surface area contributed by atoms with Crippen LogP contribution in [-0.2, 0) is 24.2 Å². The lowest BCUT2D eigenvalue weighted by Gasteiger charge is -2.32. The van der Waals surface area contributed by atoms with E-state index in [1.54, 1.807) is 0 Å². The van der Waals surface area contributed by atoms with E-state index in [2.05, 4.69) is 39.8 Å². The summed E-state index contributed by atoms with van der Waals surface area (Å²) in [5.74, 6) is -0.112. The number of benzene rings is 3. The Bertz CT molecular complexity index is 1150. The van der Waals surface area contributed by atoms with Crippen LogP contribution in [0.25, 0.3) is 0 Å². The number of amides is 2. The van der Waals surface area contributed by atoms with E-state index in [0.29, 0.717) is 24.1 Å². The molecule has 3 aromatic rings. The normalized spacial score (nSPS) is 15.0. The fourth-order valence-electron chi connectivity index (χ4n) is 4.39. The lowest BCUT2D eigenvalue weighted by Crippen LogP contribution is -2.33. The van der Waals surface area contributed by atoms with Gasteiger partial charge in [-0.25, -0.2) is 0 Å². The van der Waals surface area contributed by atoms with Gasteiger partial charge in [0.1, 0.15) is 0 Å². The van der Waals surface area contributed by atoms with Crippen LogP contribution >= 0.6 is 0 Å². The molecule has 1 saturated carbocycles. The summed E-state index contributed by atoms with van der Waals surface area (Å²) in [6.07, 6.45) is 4.12. The topological polar surface area (TPSA) is 61.4 Å². The van der Waals surface area contributed by atoms with Crippen LogP contribution < -0.4 is 15.5 Å². The van der Waals surface area contributed by atoms with E-state index in [0.717, 1.165) is 43.6 Å². The summed E-state index contributed by atoms with van der Waals surface area (Å²) in [6.45, 7) is 1.65. The lowest BCUT2D eigenvalue weighted by atomic mass is 9.98. The molecule has 2 aliphatic rings. The van der Waals surface area contributed by atoms with E-state index in [9.17, 15) is 9.59 Å². The zero-order valence-corrected chi connectivity index (χ0v) is 18.7. The molecule has 5 nitrogen and oxygen atoms in total. The van der Waals surface area contributed by atoms with Crippen molar-refractivity contribution in [3.8, 4) is 0 Å². The number of anilines is 2. The number of hydrogen-bond acceptors (Lipinski definition) is 3. The maximum Gasteiger partial charge on any atom is 0.253 e. The Kier molecular flexibility index (Phi) is 6.11. The van der Waals surface area contributed by atoms with Gasteiger partial charge in [0.15, 0.2) is 0 Å². The molecule has 0 aromatic heterocycles. The minimum atomic E-state index is -0.0632. The van der Waals surface area contributed by atoms with E-state index in [4.69, 9.17) is 0 Å². The van der Waals surface area contributed by atoms with E-state index < -0.39 is 0 Å². The monoisotopic (exact) mass is 439 g/mol. The molecular formula is C28H29N3O2. The Morgan fingerprint density at radius 1 is 0.909 bits per heavy atom. The van der Waals surface area contributed by atoms with Gasteiger partial charge in [-0.3, -0.25) is 9.59 Å². The molecule has 0 saturated heterocycles. The van der Waals surface area contributed by atoms with Crippen molar-refractivity contribution in [2.75, 3.05) is 16.8 Å². The van der Waals surface area contributed by atoms with Gasteiger partial charge in [-0.05, 0) is 60.6 Å². The molecule has 1 aliphatic heterocycles. The highest BCUT2D eigenvalue weighted by Gasteiger charge is 2.27. The first-order chi connectivity index (χ1) is 16.2. The van der Waals surface area contributed by atoms with Crippen molar-refractivity contribution >= 4 is 23.2 Å². The summed E-state index contributed by atoms with van der Waals surface area (Å²) < 4.78 is 0. The number of hydrogen-bond donors (Lipinski definition) is 2. The zero-order chi connectivity index (χ0) is 22.6. The molecule has 168 valence electrons. The summed E-state index contributed by atoms with van der Waals surface area (Å²) in [7, 11) is 0. The fourth-order valence-corrected chi connectivity index (χ4v) is 4.39. The summed E-state index contributed by atoms with van der Waals surface area (Å²) in [5, 5.41) is 6.10. The standard InChI is InChI=1S/C28H29N3O2/c32-27(15-10-20-6-2-1-3-7-20)29-24-13-14-26(25(18-24)28(33)30-23-11-12-23)31-17-16-21-8-4-5-9-22(21)19-31/h1-9,13-14,18,23H,10-12,15-17,19H2,(H,29,32)(H,30,33). The molecule has 5 rings (SSSR count). The van der Waals surface area contributed by atoms with Crippen LogP contribution in [0.3, 0.4) is 0 Å². The zero-order valence-electron chi connectivity index (χ0n) is 18.7. The van der Waals surface area contributed by atoms with Crippen molar-refractivity contribution in [2.45, 2.75) is 44.7 Å². The Hall–Kier alpha value is -3.60. The molecule has 0 unspecified atom stereocenters. The molecule has 3 aromatic carbocycles. The number of carbonyl (C=O) groups excluding carboxylic acids is 2. The fraction of sp³-hybridized carbons (Fsp3) is 0.286. The number of rotatable bonds is 7. The van der Waals surface area contributed by atoms with E-state index in [1.807, 2.05) is 48.5 Å². The van der Waals surface area contributed by atoms with Gasteiger partial charge in [0.2, 0.25) is 5.91 Å². The van der Waals surface area contributed by atoms with Crippen LogP contribution in [0, 0.1) is 0 Å². The van der Waals surface area contributed by atoms with Crippen LogP contribution in [0.4, 0.5) is 11.4 Å². The van der Waals surface area contributed by atoms with Crippen molar-refractivity contribution < 1.29 is 9.59 Å². The first-order valence-corrected chi connectivity index (χ1v) is 11.8. The number of carbonyl (C=O) groups is 2. The van der Waals surface area contributed by atoms with Crippen LogP contribution in [0.5, 0.6) is 0 Å². The number of aryl methyl sites for hydroxylation is 1. The second-order valence-electron chi connectivity index (χ2n) is 8.95. The Labute approximate surface area is 194 Å². The summed E-state index contributed by atoms with van der Waals surface area (Å²) >= 11 is 0. The summed E-state index contributed by atoms with van der Waals surface area (Å²) in [6, 6.07) is 24.5. The molecule has 2 amide bonds. The minimum absolute atomic E-state index is 0.0490. The average molecular weight is 440 g/mol. The summed E-state index contributed by atoms with van der Waals surface area (Å²) in [4.78, 5) is 27.9. The third-order valence-corrected chi connectivity index (χ3v) is 6.39. The van der Waals surface area contributed by atoms with Crippen molar-refractivity contribution in [2.24, 2.45) is 0 Å². The predicted molar refractivity (Wildman–Crippen MR) is 132 cm³/mol. The van der Waals surface area contributed by atoms with Crippen molar-refractivity contribution in [1.29, 1.82) is 0 Å². The lowest BCUT2D eigenvalue weighted by molar-refractivity contribution is -0.116. The van der Waals surface area contributed by atoms with Gasteiger partial charge in [0, 0.05) is 36.9 Å². The van der Waals surface area contributed by atoms with E-state index in [1.165, 1.54) is 11.1 Å². The Morgan fingerprint density at radius 3 is 2.45 bits per heavy atom. The molecule has 0 spiro atoms. The molecule has 33 heavy (non-hydrogen) atoms. The van der Waals surface area contributed by atoms with Crippen LogP contribution in [0.2, 0.25) is 0 Å². The van der Waals surface area contributed by atoms with Crippen molar-refractivity contribution in [3.05, 3.63) is 95.1 Å². The maximum atomic E-state index is 13.1. The quantitative estimate of drug-likeness (QED) is 0.560. The predicted octanol–water partition coefficient (Wildman–Crippen LogP) is 4.71. The second-order valence-corrected chi connectivity index (χ2v) is 8.95. The van der Waals surface area contributed by atoms with Gasteiger partial charge < -0.3 is 15.5 Å². The van der Waals surface area contributed by atoms with Crippen LogP contribution in [-0.4, -0.2) is 24.4 Å². The van der Waals surface area contributed by atoms with Gasteiger partial charge in [-0.15, -0.1) is 0 Å².